The van der Waals surface area contributed by atoms with Gasteiger partial charge in [0.05, 0.1) is 36.2 Å². The largest absolute Gasteiger partial charge is 0.430 e. The van der Waals surface area contributed by atoms with Crippen molar-refractivity contribution in [3.05, 3.63) is 69.4 Å². The molecule has 4 aromatic rings. The lowest BCUT2D eigenvalue weighted by molar-refractivity contribution is -0.0402. The van der Waals surface area contributed by atoms with E-state index in [1.54, 1.807) is 10.9 Å². The molecule has 0 saturated carbocycles. The summed E-state index contributed by atoms with van der Waals surface area (Å²) in [4.78, 5) is 22.7. The van der Waals surface area contributed by atoms with Gasteiger partial charge in [0.1, 0.15) is 5.52 Å². The van der Waals surface area contributed by atoms with Crippen LogP contribution in [0, 0.1) is 5.92 Å². The first kappa shape index (κ1) is 19.9. The van der Waals surface area contributed by atoms with Gasteiger partial charge in [-0.3, -0.25) is 9.36 Å². The molecule has 5 rings (SSSR count). The average molecular weight is 418 g/mol. The van der Waals surface area contributed by atoms with E-state index < -0.39 is 0 Å². The van der Waals surface area contributed by atoms with Gasteiger partial charge in [0.15, 0.2) is 0 Å². The zero-order valence-corrected chi connectivity index (χ0v) is 18.4. The highest BCUT2D eigenvalue weighted by Gasteiger charge is 2.32. The molecular weight excluding hydrogens is 390 g/mol. The maximum atomic E-state index is 13.2. The van der Waals surface area contributed by atoms with E-state index in [-0.39, 0.29) is 16.7 Å². The van der Waals surface area contributed by atoms with Gasteiger partial charge in [-0.15, -0.1) is 0 Å². The van der Waals surface area contributed by atoms with Gasteiger partial charge in [-0.05, 0) is 37.3 Å². The Kier molecular flexibility index (Phi) is 4.70. The van der Waals surface area contributed by atoms with E-state index in [1.165, 1.54) is 0 Å². The van der Waals surface area contributed by atoms with Crippen LogP contribution in [0.1, 0.15) is 50.1 Å². The third-order valence-corrected chi connectivity index (χ3v) is 5.90. The molecule has 0 radical (unpaired) electrons. The van der Waals surface area contributed by atoms with Crippen molar-refractivity contribution in [1.82, 2.24) is 14.5 Å². The second kappa shape index (κ2) is 7.31. The second-order valence-electron chi connectivity index (χ2n) is 9.46. The van der Waals surface area contributed by atoms with Crippen molar-refractivity contribution in [2.24, 2.45) is 5.92 Å². The molecule has 6 heteroatoms. The van der Waals surface area contributed by atoms with Crippen LogP contribution in [0.5, 0.6) is 0 Å². The predicted octanol–water partition coefficient (Wildman–Crippen LogP) is 4.64. The number of rotatable bonds is 4. The van der Waals surface area contributed by atoms with Gasteiger partial charge in [-0.1, -0.05) is 44.2 Å². The topological polar surface area (TPSA) is 70.2 Å². The lowest BCUT2D eigenvalue weighted by Crippen LogP contribution is -2.33. The molecule has 0 fully saturated rings. The van der Waals surface area contributed by atoms with Crippen molar-refractivity contribution < 1.29 is 9.15 Å². The van der Waals surface area contributed by atoms with E-state index >= 15 is 0 Å². The summed E-state index contributed by atoms with van der Waals surface area (Å²) in [5.41, 5.74) is 5.22. The van der Waals surface area contributed by atoms with Crippen molar-refractivity contribution in [3.63, 3.8) is 0 Å². The number of furan rings is 1. The van der Waals surface area contributed by atoms with Crippen LogP contribution in [0.4, 0.5) is 0 Å². The monoisotopic (exact) mass is 417 g/mol. The summed E-state index contributed by atoms with van der Waals surface area (Å²) in [7, 11) is 0. The van der Waals surface area contributed by atoms with Gasteiger partial charge in [0.2, 0.25) is 11.3 Å². The normalized spacial score (nSPS) is 15.6. The van der Waals surface area contributed by atoms with Crippen molar-refractivity contribution in [2.45, 2.75) is 59.3 Å². The zero-order chi connectivity index (χ0) is 21.8. The molecule has 0 spiro atoms. The first-order valence-electron chi connectivity index (χ1n) is 10.8. The summed E-state index contributed by atoms with van der Waals surface area (Å²) in [6, 6.07) is 9.87. The maximum Gasteiger partial charge on any atom is 0.297 e. The molecule has 6 nitrogen and oxygen atoms in total. The number of ether oxygens (including phenoxy) is 1. The first-order valence-corrected chi connectivity index (χ1v) is 10.8. The molecule has 160 valence electrons. The third kappa shape index (κ3) is 3.55. The Morgan fingerprint density at radius 2 is 1.94 bits per heavy atom. The van der Waals surface area contributed by atoms with Crippen LogP contribution in [0.3, 0.4) is 0 Å². The SMILES string of the molecule is CC(C)Cc1nc2oc3c(=O)n(Cc4ccccc4)cnc3c2c2c1COC(C)(C)C2. The Hall–Kier alpha value is -2.99. The third-order valence-electron chi connectivity index (χ3n) is 5.90. The van der Waals surface area contributed by atoms with Crippen molar-refractivity contribution >= 4 is 22.2 Å². The van der Waals surface area contributed by atoms with E-state index in [0.29, 0.717) is 30.3 Å². The Balaban J connectivity index is 1.72. The van der Waals surface area contributed by atoms with Crippen molar-refractivity contribution in [2.75, 3.05) is 0 Å². The molecule has 4 heterocycles. The summed E-state index contributed by atoms with van der Waals surface area (Å²) in [5, 5.41) is 0.859. The van der Waals surface area contributed by atoms with Crippen LogP contribution >= 0.6 is 0 Å². The molecule has 0 unspecified atom stereocenters. The summed E-state index contributed by atoms with van der Waals surface area (Å²) in [5.74, 6) is 0.453. The van der Waals surface area contributed by atoms with Crippen LogP contribution in [0.15, 0.2) is 45.9 Å². The van der Waals surface area contributed by atoms with Crippen LogP contribution < -0.4 is 5.56 Å². The number of benzene rings is 1. The number of hydrogen-bond acceptors (Lipinski definition) is 5. The summed E-state index contributed by atoms with van der Waals surface area (Å²) >= 11 is 0. The van der Waals surface area contributed by atoms with E-state index in [9.17, 15) is 4.79 Å². The fourth-order valence-corrected chi connectivity index (χ4v) is 4.41. The minimum Gasteiger partial charge on any atom is -0.430 e. The smallest absolute Gasteiger partial charge is 0.297 e. The number of fused-ring (bicyclic) bond motifs is 5. The standard InChI is InChI=1S/C25H27N3O3/c1-15(2)10-19-18-13-30-25(3,4)11-17(18)20-21-22(31-23(20)27-19)24(29)28(14-26-21)12-16-8-6-5-7-9-16/h5-9,14-15H,10-13H2,1-4H3. The van der Waals surface area contributed by atoms with Gasteiger partial charge in [-0.2, -0.15) is 0 Å². The van der Waals surface area contributed by atoms with E-state index in [4.69, 9.17) is 14.1 Å². The van der Waals surface area contributed by atoms with Crippen molar-refractivity contribution in [1.29, 1.82) is 0 Å². The van der Waals surface area contributed by atoms with Crippen LogP contribution in [-0.4, -0.2) is 20.1 Å². The van der Waals surface area contributed by atoms with E-state index in [1.807, 2.05) is 30.3 Å². The zero-order valence-electron chi connectivity index (χ0n) is 18.4. The second-order valence-corrected chi connectivity index (χ2v) is 9.46. The highest BCUT2D eigenvalue weighted by molar-refractivity contribution is 6.03. The first-order chi connectivity index (χ1) is 14.8. The van der Waals surface area contributed by atoms with Crippen LogP contribution in [0.25, 0.3) is 22.2 Å². The molecule has 1 aromatic carbocycles. The highest BCUT2D eigenvalue weighted by Crippen LogP contribution is 2.38. The molecule has 3 aromatic heterocycles. The minimum absolute atomic E-state index is 0.183. The quantitative estimate of drug-likeness (QED) is 0.484. The van der Waals surface area contributed by atoms with Gasteiger partial charge in [0, 0.05) is 12.0 Å². The molecule has 0 aliphatic carbocycles. The Morgan fingerprint density at radius 1 is 1.16 bits per heavy atom. The summed E-state index contributed by atoms with van der Waals surface area (Å²) in [6.07, 6.45) is 3.19. The maximum absolute atomic E-state index is 13.2. The van der Waals surface area contributed by atoms with Crippen LogP contribution in [0.2, 0.25) is 0 Å². The minimum atomic E-state index is -0.289. The molecule has 31 heavy (non-hydrogen) atoms. The van der Waals surface area contributed by atoms with Gasteiger partial charge < -0.3 is 9.15 Å². The lowest BCUT2D eigenvalue weighted by Gasteiger charge is -2.33. The number of aromatic nitrogens is 3. The average Bonchev–Trinajstić information content (AvgIpc) is 3.09. The summed E-state index contributed by atoms with van der Waals surface area (Å²) in [6.45, 7) is 9.50. The molecule has 0 N–H and O–H groups in total. The Morgan fingerprint density at radius 3 is 2.68 bits per heavy atom. The fourth-order valence-electron chi connectivity index (χ4n) is 4.41. The molecule has 0 amide bonds. The highest BCUT2D eigenvalue weighted by atomic mass is 16.5. The molecule has 1 aliphatic heterocycles. The molecule has 1 aliphatic rings. The van der Waals surface area contributed by atoms with E-state index in [2.05, 4.69) is 32.7 Å². The molecule has 0 bridgehead atoms. The van der Waals surface area contributed by atoms with Crippen LogP contribution in [-0.2, 0) is 30.7 Å². The lowest BCUT2D eigenvalue weighted by atomic mass is 9.88. The number of nitrogens with zero attached hydrogens (tertiary/aromatic N) is 3. The fraction of sp³-hybridized carbons (Fsp3) is 0.400. The van der Waals surface area contributed by atoms with Gasteiger partial charge in [0.25, 0.3) is 5.56 Å². The predicted molar refractivity (Wildman–Crippen MR) is 120 cm³/mol. The summed E-state index contributed by atoms with van der Waals surface area (Å²) < 4.78 is 13.8. The van der Waals surface area contributed by atoms with Crippen molar-refractivity contribution in [3.8, 4) is 0 Å². The molecular formula is C25H27N3O3. The molecule has 0 atom stereocenters. The Labute approximate surface area is 180 Å². The molecule has 0 saturated heterocycles. The van der Waals surface area contributed by atoms with Gasteiger partial charge >= 0.3 is 0 Å². The van der Waals surface area contributed by atoms with E-state index in [0.717, 1.165) is 40.6 Å². The Bertz CT molecular complexity index is 1330. The number of hydrogen-bond donors (Lipinski definition) is 0. The van der Waals surface area contributed by atoms with Gasteiger partial charge in [-0.25, -0.2) is 9.97 Å². The number of pyridine rings is 1.